The number of carbonyl (C=O) groups is 1. The highest BCUT2D eigenvalue weighted by Crippen LogP contribution is 2.19. The van der Waals surface area contributed by atoms with Crippen molar-refractivity contribution in [2.45, 2.75) is 12.3 Å². The van der Waals surface area contributed by atoms with E-state index in [9.17, 15) is 9.18 Å². The fraction of sp³-hybridized carbons (Fsp3) is 0.188. The number of nitrogens with one attached hydrogen (secondary N) is 1. The summed E-state index contributed by atoms with van der Waals surface area (Å²) in [4.78, 5) is 12.0. The van der Waals surface area contributed by atoms with Crippen LogP contribution in [-0.4, -0.2) is 12.5 Å². The van der Waals surface area contributed by atoms with Crippen LogP contribution in [0.25, 0.3) is 0 Å². The van der Waals surface area contributed by atoms with Gasteiger partial charge in [0.2, 0.25) is 0 Å². The fourth-order valence-corrected chi connectivity index (χ4v) is 2.07. The molecule has 0 saturated heterocycles. The first-order valence-electron chi connectivity index (χ1n) is 6.31. The molecule has 0 saturated carbocycles. The number of benzene rings is 2. The summed E-state index contributed by atoms with van der Waals surface area (Å²) >= 11 is 6.22. The second kappa shape index (κ2) is 6.53. The first-order chi connectivity index (χ1) is 9.58. The Morgan fingerprint density at radius 3 is 2.60 bits per heavy atom. The first-order valence-corrected chi connectivity index (χ1v) is 6.75. The molecule has 2 nitrogen and oxygen atoms in total. The maximum atomic E-state index is 13.1. The molecule has 20 heavy (non-hydrogen) atoms. The Labute approximate surface area is 122 Å². The molecule has 0 spiro atoms. The minimum absolute atomic E-state index is 0.255. The average molecular weight is 292 g/mol. The Morgan fingerprint density at radius 1 is 1.25 bits per heavy atom. The lowest BCUT2D eigenvalue weighted by atomic mass is 10.1. The predicted molar refractivity (Wildman–Crippen MR) is 78.5 cm³/mol. The van der Waals surface area contributed by atoms with Crippen molar-refractivity contribution in [3.8, 4) is 0 Å². The average Bonchev–Trinajstić information content (AvgIpc) is 2.48. The third kappa shape index (κ3) is 3.58. The molecule has 2 aromatic rings. The molecule has 0 radical (unpaired) electrons. The zero-order chi connectivity index (χ0) is 14.5. The lowest BCUT2D eigenvalue weighted by Gasteiger charge is -2.11. The molecule has 1 atom stereocenters. The third-order valence-corrected chi connectivity index (χ3v) is 3.43. The van der Waals surface area contributed by atoms with E-state index >= 15 is 0 Å². The number of rotatable bonds is 4. The SMILES string of the molecule is Cc1cc(C(=O)NCC(Cl)c2ccccc2)ccc1F. The number of hydrogen-bond acceptors (Lipinski definition) is 1. The maximum Gasteiger partial charge on any atom is 0.251 e. The summed E-state index contributed by atoms with van der Waals surface area (Å²) in [5.74, 6) is -0.573. The maximum absolute atomic E-state index is 13.1. The van der Waals surface area contributed by atoms with Crippen molar-refractivity contribution in [1.82, 2.24) is 5.32 Å². The molecule has 0 aliphatic heterocycles. The molecule has 0 fully saturated rings. The van der Waals surface area contributed by atoms with E-state index in [-0.39, 0.29) is 17.1 Å². The van der Waals surface area contributed by atoms with E-state index in [1.807, 2.05) is 30.3 Å². The minimum atomic E-state index is -0.318. The number of halogens is 2. The second-order valence-corrected chi connectivity index (χ2v) is 5.08. The van der Waals surface area contributed by atoms with Crippen molar-refractivity contribution < 1.29 is 9.18 Å². The summed E-state index contributed by atoms with van der Waals surface area (Å²) in [5.41, 5.74) is 1.83. The monoisotopic (exact) mass is 291 g/mol. The van der Waals surface area contributed by atoms with E-state index in [1.54, 1.807) is 6.92 Å². The van der Waals surface area contributed by atoms with Crippen molar-refractivity contribution in [2.24, 2.45) is 0 Å². The van der Waals surface area contributed by atoms with Gasteiger partial charge in [-0.3, -0.25) is 4.79 Å². The molecule has 0 heterocycles. The van der Waals surface area contributed by atoms with Crippen LogP contribution in [0.1, 0.15) is 26.9 Å². The zero-order valence-electron chi connectivity index (χ0n) is 11.1. The molecular formula is C16H15ClFNO. The molecule has 0 bridgehead atoms. The topological polar surface area (TPSA) is 29.1 Å². The van der Waals surface area contributed by atoms with Gasteiger partial charge in [0.05, 0.1) is 5.38 Å². The fourth-order valence-electron chi connectivity index (χ4n) is 1.85. The molecule has 1 amide bonds. The van der Waals surface area contributed by atoms with Crippen molar-refractivity contribution in [1.29, 1.82) is 0 Å². The summed E-state index contributed by atoms with van der Waals surface area (Å²) < 4.78 is 13.1. The van der Waals surface area contributed by atoms with Crippen LogP contribution in [0.5, 0.6) is 0 Å². The number of carbonyl (C=O) groups excluding carboxylic acids is 1. The van der Waals surface area contributed by atoms with E-state index in [1.165, 1.54) is 18.2 Å². The number of amides is 1. The summed E-state index contributed by atoms with van der Waals surface area (Å²) in [6, 6.07) is 13.8. The quantitative estimate of drug-likeness (QED) is 0.852. The number of alkyl halides is 1. The largest absolute Gasteiger partial charge is 0.350 e. The van der Waals surface area contributed by atoms with E-state index in [4.69, 9.17) is 11.6 Å². The molecule has 1 unspecified atom stereocenters. The van der Waals surface area contributed by atoms with Gasteiger partial charge in [0.15, 0.2) is 0 Å². The van der Waals surface area contributed by atoms with Crippen LogP contribution < -0.4 is 5.32 Å². The van der Waals surface area contributed by atoms with Crippen LogP contribution in [-0.2, 0) is 0 Å². The lowest BCUT2D eigenvalue weighted by Crippen LogP contribution is -2.26. The van der Waals surface area contributed by atoms with Crippen LogP contribution in [0.4, 0.5) is 4.39 Å². The van der Waals surface area contributed by atoms with Crippen LogP contribution in [0.2, 0.25) is 0 Å². The van der Waals surface area contributed by atoms with Gasteiger partial charge in [-0.2, -0.15) is 0 Å². The van der Waals surface area contributed by atoms with Gasteiger partial charge in [0.25, 0.3) is 5.91 Å². The van der Waals surface area contributed by atoms with Gasteiger partial charge in [-0.1, -0.05) is 30.3 Å². The van der Waals surface area contributed by atoms with Gasteiger partial charge in [-0.25, -0.2) is 4.39 Å². The van der Waals surface area contributed by atoms with E-state index in [0.29, 0.717) is 17.7 Å². The van der Waals surface area contributed by atoms with Gasteiger partial charge in [0.1, 0.15) is 5.82 Å². The molecule has 1 N–H and O–H groups in total. The van der Waals surface area contributed by atoms with Gasteiger partial charge >= 0.3 is 0 Å². The van der Waals surface area contributed by atoms with Crippen molar-refractivity contribution >= 4 is 17.5 Å². The van der Waals surface area contributed by atoms with E-state index in [2.05, 4.69) is 5.32 Å². The van der Waals surface area contributed by atoms with Crippen molar-refractivity contribution in [3.05, 3.63) is 71.0 Å². The van der Waals surface area contributed by atoms with E-state index < -0.39 is 0 Å². The second-order valence-electron chi connectivity index (χ2n) is 4.55. The smallest absolute Gasteiger partial charge is 0.251 e. The van der Waals surface area contributed by atoms with E-state index in [0.717, 1.165) is 5.56 Å². The van der Waals surface area contributed by atoms with Gasteiger partial charge in [0, 0.05) is 12.1 Å². The molecule has 0 aliphatic rings. The highest BCUT2D eigenvalue weighted by Gasteiger charge is 2.11. The van der Waals surface area contributed by atoms with Crippen LogP contribution >= 0.6 is 11.6 Å². The Bertz CT molecular complexity index is 601. The number of aryl methyl sites for hydroxylation is 1. The Balaban J connectivity index is 1.97. The normalized spacial score (nSPS) is 11.9. The molecular weight excluding hydrogens is 277 g/mol. The first kappa shape index (κ1) is 14.5. The molecule has 2 rings (SSSR count). The molecule has 104 valence electrons. The number of hydrogen-bond donors (Lipinski definition) is 1. The predicted octanol–water partition coefficient (Wildman–Crippen LogP) is 3.84. The summed E-state index contributed by atoms with van der Waals surface area (Å²) in [6.07, 6.45) is 0. The molecule has 0 aromatic heterocycles. The molecule has 4 heteroatoms. The summed E-state index contributed by atoms with van der Waals surface area (Å²) in [7, 11) is 0. The lowest BCUT2D eigenvalue weighted by molar-refractivity contribution is 0.0953. The summed E-state index contributed by atoms with van der Waals surface area (Å²) in [6.45, 7) is 1.95. The van der Waals surface area contributed by atoms with Crippen molar-refractivity contribution in [3.63, 3.8) is 0 Å². The highest BCUT2D eigenvalue weighted by atomic mass is 35.5. The van der Waals surface area contributed by atoms with Crippen LogP contribution in [0.15, 0.2) is 48.5 Å². The molecule has 0 aliphatic carbocycles. The molecule has 2 aromatic carbocycles. The van der Waals surface area contributed by atoms with Crippen LogP contribution in [0.3, 0.4) is 0 Å². The van der Waals surface area contributed by atoms with Crippen molar-refractivity contribution in [2.75, 3.05) is 6.54 Å². The highest BCUT2D eigenvalue weighted by molar-refractivity contribution is 6.21. The van der Waals surface area contributed by atoms with Gasteiger partial charge in [-0.05, 0) is 36.2 Å². The Hall–Kier alpha value is -1.87. The Kier molecular flexibility index (Phi) is 4.74. The Morgan fingerprint density at radius 2 is 1.95 bits per heavy atom. The minimum Gasteiger partial charge on any atom is -0.350 e. The zero-order valence-corrected chi connectivity index (χ0v) is 11.8. The van der Waals surface area contributed by atoms with Gasteiger partial charge in [-0.15, -0.1) is 11.6 Å². The van der Waals surface area contributed by atoms with Crippen LogP contribution in [0, 0.1) is 12.7 Å². The van der Waals surface area contributed by atoms with Gasteiger partial charge < -0.3 is 5.32 Å². The summed E-state index contributed by atoms with van der Waals surface area (Å²) in [5, 5.41) is 2.46. The standard InChI is InChI=1S/C16H15ClFNO/c1-11-9-13(7-8-15(11)18)16(20)19-10-14(17)12-5-3-2-4-6-12/h2-9,14H,10H2,1H3,(H,19,20). The third-order valence-electron chi connectivity index (χ3n) is 3.02.